The monoisotopic (exact) mass is 395 g/mol. The molecule has 0 aliphatic carbocycles. The largest absolute Gasteiger partial charge is 0.325 e. The molecule has 1 heterocycles. The molecule has 27 heavy (non-hydrogen) atoms. The Bertz CT molecular complexity index is 972. The third-order valence-corrected chi connectivity index (χ3v) is 3.63. The quantitative estimate of drug-likeness (QED) is 0.720. The number of hydrogen-bond acceptors (Lipinski definition) is 3. The first-order valence-electron chi connectivity index (χ1n) is 7.85. The maximum Gasteiger partial charge on any atom is 0.310 e. The molecule has 0 radical (unpaired) electrons. The second-order valence-electron chi connectivity index (χ2n) is 5.78. The van der Waals surface area contributed by atoms with Crippen LogP contribution >= 0.6 is 11.6 Å². The lowest BCUT2D eigenvalue weighted by molar-refractivity contribution is 0.568. The maximum absolute atomic E-state index is 13.7. The summed E-state index contributed by atoms with van der Waals surface area (Å²) in [7, 11) is 0. The van der Waals surface area contributed by atoms with E-state index in [4.69, 9.17) is 11.6 Å². The molecule has 0 aliphatic rings. The lowest BCUT2D eigenvalue weighted by atomic mass is 10.2. The van der Waals surface area contributed by atoms with Gasteiger partial charge in [-0.1, -0.05) is 18.2 Å². The van der Waals surface area contributed by atoms with Crippen molar-refractivity contribution in [2.45, 2.75) is 20.4 Å². The van der Waals surface area contributed by atoms with E-state index in [0.717, 1.165) is 24.4 Å². The van der Waals surface area contributed by atoms with Crippen molar-refractivity contribution < 1.29 is 13.2 Å². The minimum atomic E-state index is -1.09. The highest BCUT2D eigenvalue weighted by atomic mass is 35.5. The summed E-state index contributed by atoms with van der Waals surface area (Å²) in [6.07, 6.45) is 4.06. The molecule has 0 saturated heterocycles. The number of halogens is 4. The number of benzene rings is 1. The van der Waals surface area contributed by atoms with Crippen molar-refractivity contribution in [2.24, 2.45) is 0 Å². The molecule has 0 bridgehead atoms. The fourth-order valence-corrected chi connectivity index (χ4v) is 2.56. The lowest BCUT2D eigenvalue weighted by Crippen LogP contribution is -2.21. The Morgan fingerprint density at radius 1 is 1.26 bits per heavy atom. The standard InChI is InChI=1S/C19H17ClF3N3O/c1-4-17(11(2)5-12(3)20)24-19-25-18(27)16(23)10-26(19)9-13-6-14(21)8-15(22)7-13/h4-8,10H,1,9H2,2-3H3,(H,24,25,27)/b12-5+,17-11+. The van der Waals surface area contributed by atoms with Crippen LogP contribution in [0.3, 0.4) is 0 Å². The number of aromatic nitrogens is 2. The first-order chi connectivity index (χ1) is 12.7. The van der Waals surface area contributed by atoms with Crippen molar-refractivity contribution in [3.63, 3.8) is 0 Å². The zero-order valence-electron chi connectivity index (χ0n) is 14.7. The van der Waals surface area contributed by atoms with Crippen LogP contribution in [0.4, 0.5) is 19.1 Å². The number of allylic oxidation sites excluding steroid dienone is 4. The van der Waals surface area contributed by atoms with Gasteiger partial charge in [-0.25, -0.2) is 8.78 Å². The number of rotatable bonds is 6. The molecule has 0 unspecified atom stereocenters. The molecule has 2 aromatic rings. The Morgan fingerprint density at radius 2 is 1.89 bits per heavy atom. The molecule has 0 aliphatic heterocycles. The van der Waals surface area contributed by atoms with Crippen LogP contribution in [0.5, 0.6) is 0 Å². The van der Waals surface area contributed by atoms with E-state index in [2.05, 4.69) is 16.9 Å². The van der Waals surface area contributed by atoms with E-state index in [0.29, 0.717) is 16.3 Å². The van der Waals surface area contributed by atoms with Gasteiger partial charge in [-0.15, -0.1) is 0 Å². The summed E-state index contributed by atoms with van der Waals surface area (Å²) in [5.41, 5.74) is 0.342. The van der Waals surface area contributed by atoms with Gasteiger partial charge >= 0.3 is 5.56 Å². The van der Waals surface area contributed by atoms with Crippen LogP contribution < -0.4 is 10.9 Å². The summed E-state index contributed by atoms with van der Waals surface area (Å²) in [6, 6.07) is 2.95. The molecule has 0 amide bonds. The number of nitrogens with one attached hydrogen (secondary N) is 1. The lowest BCUT2D eigenvalue weighted by Gasteiger charge is -2.16. The fourth-order valence-electron chi connectivity index (χ4n) is 2.39. The summed E-state index contributed by atoms with van der Waals surface area (Å²) >= 11 is 5.86. The fraction of sp³-hybridized carbons (Fsp3) is 0.158. The van der Waals surface area contributed by atoms with E-state index in [1.165, 1.54) is 10.6 Å². The molecule has 0 atom stereocenters. The van der Waals surface area contributed by atoms with E-state index in [9.17, 15) is 18.0 Å². The van der Waals surface area contributed by atoms with Crippen LogP contribution in [0.2, 0.25) is 0 Å². The van der Waals surface area contributed by atoms with E-state index >= 15 is 0 Å². The molecular weight excluding hydrogens is 379 g/mol. The van der Waals surface area contributed by atoms with Gasteiger partial charge in [-0.3, -0.25) is 4.79 Å². The molecular formula is C19H17ClF3N3O. The Kier molecular flexibility index (Phi) is 6.63. The summed E-state index contributed by atoms with van der Waals surface area (Å²) in [5, 5.41) is 3.40. The second kappa shape index (κ2) is 8.73. The summed E-state index contributed by atoms with van der Waals surface area (Å²) < 4.78 is 41.8. The number of hydrogen-bond donors (Lipinski definition) is 1. The minimum absolute atomic E-state index is 0.0130. The van der Waals surface area contributed by atoms with Crippen LogP contribution in [0.1, 0.15) is 19.4 Å². The van der Waals surface area contributed by atoms with E-state index in [1.54, 1.807) is 19.9 Å². The third-order valence-electron chi connectivity index (χ3n) is 3.52. The van der Waals surface area contributed by atoms with Gasteiger partial charge in [0.25, 0.3) is 0 Å². The van der Waals surface area contributed by atoms with Crippen molar-refractivity contribution in [1.29, 1.82) is 0 Å². The zero-order valence-corrected chi connectivity index (χ0v) is 15.4. The molecule has 2 rings (SSSR count). The summed E-state index contributed by atoms with van der Waals surface area (Å²) in [5.74, 6) is -2.63. The summed E-state index contributed by atoms with van der Waals surface area (Å²) in [4.78, 5) is 15.3. The van der Waals surface area contributed by atoms with Gasteiger partial charge in [0.1, 0.15) is 11.6 Å². The summed E-state index contributed by atoms with van der Waals surface area (Å²) in [6.45, 7) is 7.01. The van der Waals surface area contributed by atoms with E-state index < -0.39 is 23.0 Å². The smallest absolute Gasteiger partial charge is 0.310 e. The van der Waals surface area contributed by atoms with Gasteiger partial charge in [0.05, 0.1) is 6.54 Å². The van der Waals surface area contributed by atoms with Crippen LogP contribution in [-0.2, 0) is 6.54 Å². The minimum Gasteiger partial charge on any atom is -0.325 e. The molecule has 0 spiro atoms. The van der Waals surface area contributed by atoms with E-state index in [1.807, 2.05) is 0 Å². The molecule has 4 nitrogen and oxygen atoms in total. The van der Waals surface area contributed by atoms with Crippen molar-refractivity contribution in [2.75, 3.05) is 5.32 Å². The van der Waals surface area contributed by atoms with Gasteiger partial charge in [-0.2, -0.15) is 9.37 Å². The van der Waals surface area contributed by atoms with Crippen LogP contribution in [-0.4, -0.2) is 9.55 Å². The second-order valence-corrected chi connectivity index (χ2v) is 6.38. The van der Waals surface area contributed by atoms with Crippen LogP contribution in [0, 0.1) is 17.5 Å². The molecule has 8 heteroatoms. The van der Waals surface area contributed by atoms with Gasteiger partial charge in [0, 0.05) is 23.0 Å². The van der Waals surface area contributed by atoms with Crippen molar-refractivity contribution in [3.8, 4) is 0 Å². The van der Waals surface area contributed by atoms with Crippen LogP contribution in [0.25, 0.3) is 0 Å². The zero-order chi connectivity index (χ0) is 20.1. The van der Waals surface area contributed by atoms with Crippen molar-refractivity contribution >= 4 is 17.5 Å². The SMILES string of the molecule is C=C/C(Nc1nc(=O)c(F)cn1Cc1cc(F)cc(F)c1)=C(C)\C=C(/C)Cl. The van der Waals surface area contributed by atoms with Crippen molar-refractivity contribution in [3.05, 3.63) is 92.8 Å². The van der Waals surface area contributed by atoms with Gasteiger partial charge < -0.3 is 9.88 Å². The van der Waals surface area contributed by atoms with Gasteiger partial charge in [0.2, 0.25) is 11.8 Å². The molecule has 142 valence electrons. The normalized spacial score (nSPS) is 12.6. The predicted molar refractivity (Wildman–Crippen MR) is 100 cm³/mol. The molecule has 1 aromatic heterocycles. The molecule has 1 N–H and O–H groups in total. The average Bonchev–Trinajstić information content (AvgIpc) is 2.55. The highest BCUT2D eigenvalue weighted by Crippen LogP contribution is 2.16. The average molecular weight is 396 g/mol. The van der Waals surface area contributed by atoms with E-state index in [-0.39, 0.29) is 18.1 Å². The van der Waals surface area contributed by atoms with Gasteiger partial charge in [-0.05, 0) is 49.3 Å². The highest BCUT2D eigenvalue weighted by molar-refractivity contribution is 6.29. The Balaban J connectivity index is 2.50. The topological polar surface area (TPSA) is 46.9 Å². The number of nitrogens with zero attached hydrogens (tertiary/aromatic N) is 2. The van der Waals surface area contributed by atoms with Crippen molar-refractivity contribution in [1.82, 2.24) is 9.55 Å². The first kappa shape index (κ1) is 20.5. The number of anilines is 1. The van der Waals surface area contributed by atoms with Gasteiger partial charge in [0.15, 0.2) is 0 Å². The predicted octanol–water partition coefficient (Wildman–Crippen LogP) is 4.72. The highest BCUT2D eigenvalue weighted by Gasteiger charge is 2.11. The Hall–Kier alpha value is -2.80. The van der Waals surface area contributed by atoms with Crippen LogP contribution in [0.15, 0.2) is 64.2 Å². The molecule has 0 fully saturated rings. The molecule has 1 aromatic carbocycles. The maximum atomic E-state index is 13.7. The Labute approximate surface area is 159 Å². The third kappa shape index (κ3) is 5.59. The Morgan fingerprint density at radius 3 is 2.44 bits per heavy atom. The molecule has 0 saturated carbocycles. The first-order valence-corrected chi connectivity index (χ1v) is 8.23.